The molecule has 0 unspecified atom stereocenters. The largest absolute Gasteiger partial charge is 0.416 e. The lowest BCUT2D eigenvalue weighted by molar-refractivity contribution is -0.137. The van der Waals surface area contributed by atoms with Crippen LogP contribution in [0.2, 0.25) is 0 Å². The molecule has 1 aromatic rings. The number of rotatable bonds is 2. The summed E-state index contributed by atoms with van der Waals surface area (Å²) in [7, 11) is 1.65. The fourth-order valence-electron chi connectivity index (χ4n) is 2.42. The highest BCUT2D eigenvalue weighted by Crippen LogP contribution is 2.34. The number of hydrogen-bond acceptors (Lipinski definition) is 2. The number of benzene rings is 1. The Bertz CT molecular complexity index is 511. The second-order valence-electron chi connectivity index (χ2n) is 4.80. The van der Waals surface area contributed by atoms with E-state index in [0.717, 1.165) is 25.0 Å². The fourth-order valence-corrected chi connectivity index (χ4v) is 2.42. The van der Waals surface area contributed by atoms with E-state index in [0.29, 0.717) is 24.3 Å². The first-order valence-electron chi connectivity index (χ1n) is 6.41. The summed E-state index contributed by atoms with van der Waals surface area (Å²) in [6, 6.07) is 3.53. The van der Waals surface area contributed by atoms with E-state index in [1.165, 1.54) is 6.07 Å². The van der Waals surface area contributed by atoms with Crippen molar-refractivity contribution in [3.63, 3.8) is 0 Å². The minimum absolute atomic E-state index is 0.173. The third kappa shape index (κ3) is 3.07. The van der Waals surface area contributed by atoms with Crippen molar-refractivity contribution < 1.29 is 17.9 Å². The summed E-state index contributed by atoms with van der Waals surface area (Å²) in [5.74, 6) is 2.46. The molecule has 20 heavy (non-hydrogen) atoms. The third-order valence-corrected chi connectivity index (χ3v) is 3.60. The Morgan fingerprint density at radius 1 is 1.30 bits per heavy atom. The molecule has 5 heteroatoms. The summed E-state index contributed by atoms with van der Waals surface area (Å²) in [5.41, 5.74) is 0.311. The molecule has 1 heterocycles. The molecule has 2 nitrogen and oxygen atoms in total. The van der Waals surface area contributed by atoms with Gasteiger partial charge in [0.1, 0.15) is 0 Å². The number of methoxy groups -OCH3 is 1. The van der Waals surface area contributed by atoms with Crippen LogP contribution in [0.4, 0.5) is 18.9 Å². The Kier molecular flexibility index (Phi) is 4.24. The van der Waals surface area contributed by atoms with E-state index in [9.17, 15) is 13.2 Å². The molecule has 1 aromatic carbocycles. The zero-order chi connectivity index (χ0) is 14.8. The van der Waals surface area contributed by atoms with E-state index in [1.807, 2.05) is 4.90 Å². The Balaban J connectivity index is 2.28. The predicted octanol–water partition coefficient (Wildman–Crippen LogP) is 3.30. The van der Waals surface area contributed by atoms with E-state index in [1.54, 1.807) is 7.11 Å². The van der Waals surface area contributed by atoms with Gasteiger partial charge in [0.2, 0.25) is 0 Å². The van der Waals surface area contributed by atoms with Gasteiger partial charge >= 0.3 is 6.18 Å². The van der Waals surface area contributed by atoms with Crippen LogP contribution >= 0.6 is 0 Å². The van der Waals surface area contributed by atoms with Crippen LogP contribution in [0.25, 0.3) is 0 Å². The van der Waals surface area contributed by atoms with Crippen molar-refractivity contribution >= 4 is 5.69 Å². The van der Waals surface area contributed by atoms with Gasteiger partial charge in [-0.05, 0) is 31.0 Å². The van der Waals surface area contributed by atoms with Crippen LogP contribution < -0.4 is 4.90 Å². The van der Waals surface area contributed by atoms with Crippen LogP contribution in [0.15, 0.2) is 18.2 Å². The predicted molar refractivity (Wildman–Crippen MR) is 71.6 cm³/mol. The zero-order valence-corrected chi connectivity index (χ0v) is 11.2. The van der Waals surface area contributed by atoms with Crippen molar-refractivity contribution in [2.75, 3.05) is 25.1 Å². The third-order valence-electron chi connectivity index (χ3n) is 3.60. The highest BCUT2D eigenvalue weighted by molar-refractivity contribution is 5.62. The summed E-state index contributed by atoms with van der Waals surface area (Å²) in [6.45, 7) is 1.29. The van der Waals surface area contributed by atoms with Crippen molar-refractivity contribution in [2.45, 2.75) is 25.1 Å². The molecule has 0 N–H and O–H groups in total. The maximum atomic E-state index is 12.8. The summed E-state index contributed by atoms with van der Waals surface area (Å²) in [5, 5.41) is 0. The molecule has 1 aliphatic heterocycles. The first-order valence-corrected chi connectivity index (χ1v) is 6.41. The summed E-state index contributed by atoms with van der Waals surface area (Å²) in [4.78, 5) is 1.90. The highest BCUT2D eigenvalue weighted by atomic mass is 19.4. The molecule has 0 amide bonds. The first-order chi connectivity index (χ1) is 9.45. The molecule has 1 fully saturated rings. The number of alkyl halides is 3. The maximum Gasteiger partial charge on any atom is 0.416 e. The molecule has 1 aliphatic rings. The van der Waals surface area contributed by atoms with Crippen molar-refractivity contribution in [3.8, 4) is 12.3 Å². The Hall–Kier alpha value is -1.67. The van der Waals surface area contributed by atoms with Crippen LogP contribution in [-0.4, -0.2) is 26.3 Å². The van der Waals surface area contributed by atoms with Crippen LogP contribution in [0.1, 0.15) is 24.0 Å². The van der Waals surface area contributed by atoms with Gasteiger partial charge in [-0.15, -0.1) is 6.42 Å². The molecule has 2 rings (SSSR count). The lowest BCUT2D eigenvalue weighted by atomic mass is 10.0. The molecule has 108 valence electrons. The monoisotopic (exact) mass is 283 g/mol. The molecule has 0 aromatic heterocycles. The van der Waals surface area contributed by atoms with Gasteiger partial charge in [0, 0.05) is 25.8 Å². The molecule has 1 saturated heterocycles. The van der Waals surface area contributed by atoms with Crippen molar-refractivity contribution in [3.05, 3.63) is 29.3 Å². The molecule has 0 saturated carbocycles. The van der Waals surface area contributed by atoms with Gasteiger partial charge < -0.3 is 9.64 Å². The molecule has 0 radical (unpaired) electrons. The number of anilines is 1. The van der Waals surface area contributed by atoms with Gasteiger partial charge in [-0.2, -0.15) is 13.2 Å². The molecule has 0 atom stereocenters. The van der Waals surface area contributed by atoms with E-state index in [-0.39, 0.29) is 6.10 Å². The van der Waals surface area contributed by atoms with Gasteiger partial charge in [0.15, 0.2) is 0 Å². The summed E-state index contributed by atoms with van der Waals surface area (Å²) >= 11 is 0. The maximum absolute atomic E-state index is 12.8. The van der Waals surface area contributed by atoms with Gasteiger partial charge in [-0.3, -0.25) is 0 Å². The van der Waals surface area contributed by atoms with Gasteiger partial charge in [0.25, 0.3) is 0 Å². The Morgan fingerprint density at radius 2 is 1.95 bits per heavy atom. The Labute approximate surface area is 116 Å². The van der Waals surface area contributed by atoms with E-state index in [4.69, 9.17) is 11.2 Å². The van der Waals surface area contributed by atoms with Crippen LogP contribution in [-0.2, 0) is 10.9 Å². The number of halogens is 3. The topological polar surface area (TPSA) is 12.5 Å². The van der Waals surface area contributed by atoms with Gasteiger partial charge in [0.05, 0.1) is 17.4 Å². The second kappa shape index (κ2) is 5.76. The minimum Gasteiger partial charge on any atom is -0.381 e. The number of terminal acetylenes is 1. The molecule has 0 spiro atoms. The summed E-state index contributed by atoms with van der Waals surface area (Å²) < 4.78 is 43.7. The number of hydrogen-bond donors (Lipinski definition) is 0. The quantitative estimate of drug-likeness (QED) is 0.772. The average molecular weight is 283 g/mol. The van der Waals surface area contributed by atoms with Crippen LogP contribution in [0.5, 0.6) is 0 Å². The first kappa shape index (κ1) is 14.7. The molecule has 0 aliphatic carbocycles. The van der Waals surface area contributed by atoms with E-state index < -0.39 is 11.7 Å². The van der Waals surface area contributed by atoms with Gasteiger partial charge in [-0.1, -0.05) is 5.92 Å². The van der Waals surface area contributed by atoms with Crippen molar-refractivity contribution in [1.82, 2.24) is 0 Å². The SMILES string of the molecule is C#Cc1ccc(C(F)(F)F)cc1N1CCC(OC)CC1. The van der Waals surface area contributed by atoms with Crippen LogP contribution in [0.3, 0.4) is 0 Å². The smallest absolute Gasteiger partial charge is 0.381 e. The number of ether oxygens (including phenoxy) is 1. The fraction of sp³-hybridized carbons (Fsp3) is 0.467. The standard InChI is InChI=1S/C15H16F3NO/c1-3-11-4-5-12(15(16,17)18)10-14(11)19-8-6-13(20-2)7-9-19/h1,4-5,10,13H,6-9H2,2H3. The van der Waals surface area contributed by atoms with Gasteiger partial charge in [-0.25, -0.2) is 0 Å². The molecule has 0 bridgehead atoms. The molecular formula is C15H16F3NO. The second-order valence-corrected chi connectivity index (χ2v) is 4.80. The van der Waals surface area contributed by atoms with E-state index in [2.05, 4.69) is 5.92 Å². The van der Waals surface area contributed by atoms with E-state index >= 15 is 0 Å². The number of nitrogens with zero attached hydrogens (tertiary/aromatic N) is 1. The number of piperidine rings is 1. The Morgan fingerprint density at radius 3 is 2.45 bits per heavy atom. The lowest BCUT2D eigenvalue weighted by Gasteiger charge is -2.33. The summed E-state index contributed by atoms with van der Waals surface area (Å²) in [6.07, 6.45) is 2.78. The molecular weight excluding hydrogens is 267 g/mol. The lowest BCUT2D eigenvalue weighted by Crippen LogP contribution is -2.37. The average Bonchev–Trinajstić information content (AvgIpc) is 2.45. The highest BCUT2D eigenvalue weighted by Gasteiger charge is 2.32. The van der Waals surface area contributed by atoms with Crippen molar-refractivity contribution in [2.24, 2.45) is 0 Å². The normalized spacial score (nSPS) is 17.1. The zero-order valence-electron chi connectivity index (χ0n) is 11.2. The van der Waals surface area contributed by atoms with Crippen LogP contribution in [0, 0.1) is 12.3 Å². The minimum atomic E-state index is -4.35. The van der Waals surface area contributed by atoms with Crippen molar-refractivity contribution in [1.29, 1.82) is 0 Å².